The first-order valence-corrected chi connectivity index (χ1v) is 8.08. The molecule has 2 fully saturated rings. The Morgan fingerprint density at radius 3 is 2.40 bits per heavy atom. The topological polar surface area (TPSA) is 15.3 Å². The van der Waals surface area contributed by atoms with Crippen molar-refractivity contribution in [3.8, 4) is 0 Å². The van der Waals surface area contributed by atoms with Gasteiger partial charge in [-0.3, -0.25) is 0 Å². The minimum Gasteiger partial charge on any atom is -0.365 e. The summed E-state index contributed by atoms with van der Waals surface area (Å²) in [5.74, 6) is 1.55. The van der Waals surface area contributed by atoms with Crippen molar-refractivity contribution < 1.29 is 0 Å². The van der Waals surface area contributed by atoms with E-state index in [9.17, 15) is 0 Å². The lowest BCUT2D eigenvalue weighted by Gasteiger charge is -2.49. The Hall–Kier alpha value is -1.02. The highest BCUT2D eigenvalue weighted by molar-refractivity contribution is 5.50. The third kappa shape index (κ3) is 2.58. The maximum absolute atomic E-state index is 3.86. The van der Waals surface area contributed by atoms with Gasteiger partial charge in [0.05, 0.1) is 0 Å². The fourth-order valence-corrected chi connectivity index (χ4v) is 3.58. The van der Waals surface area contributed by atoms with Crippen LogP contribution in [0.5, 0.6) is 0 Å². The van der Waals surface area contributed by atoms with Crippen LogP contribution in [0, 0.1) is 18.8 Å². The fourth-order valence-electron chi connectivity index (χ4n) is 3.58. The molecule has 1 aromatic rings. The lowest BCUT2D eigenvalue weighted by Crippen LogP contribution is -2.65. The Kier molecular flexibility index (Phi) is 3.53. The van der Waals surface area contributed by atoms with E-state index in [0.29, 0.717) is 17.5 Å². The van der Waals surface area contributed by atoms with E-state index >= 15 is 0 Å². The standard InChI is InChI=1S/C18H28N2/c1-13(2)17-11-19-18(4,15-7-8-15)12-20(17)16-9-5-14(3)6-10-16/h5-6,9-10,13,15,17,19H,7-8,11-12H2,1-4H3. The van der Waals surface area contributed by atoms with Crippen LogP contribution in [0.1, 0.15) is 39.2 Å². The monoisotopic (exact) mass is 272 g/mol. The minimum atomic E-state index is 0.302. The van der Waals surface area contributed by atoms with E-state index in [4.69, 9.17) is 0 Å². The molecule has 0 amide bonds. The Bertz CT molecular complexity index is 461. The second-order valence-electron chi connectivity index (χ2n) is 7.35. The molecule has 2 aliphatic rings. The number of hydrogen-bond acceptors (Lipinski definition) is 2. The van der Waals surface area contributed by atoms with Gasteiger partial charge in [0.15, 0.2) is 0 Å². The smallest absolute Gasteiger partial charge is 0.0438 e. The molecular weight excluding hydrogens is 244 g/mol. The van der Waals surface area contributed by atoms with Gasteiger partial charge in [0.25, 0.3) is 0 Å². The highest BCUT2D eigenvalue weighted by Gasteiger charge is 2.46. The molecule has 2 nitrogen and oxygen atoms in total. The van der Waals surface area contributed by atoms with Crippen molar-refractivity contribution in [1.82, 2.24) is 5.32 Å². The number of piperazine rings is 1. The molecule has 20 heavy (non-hydrogen) atoms. The molecule has 110 valence electrons. The van der Waals surface area contributed by atoms with Gasteiger partial charge in [-0.2, -0.15) is 0 Å². The molecule has 1 aliphatic heterocycles. The van der Waals surface area contributed by atoms with E-state index in [-0.39, 0.29) is 0 Å². The predicted molar refractivity (Wildman–Crippen MR) is 86.3 cm³/mol. The normalized spacial score (nSPS) is 30.9. The summed E-state index contributed by atoms with van der Waals surface area (Å²) in [6.45, 7) is 11.5. The Balaban J connectivity index is 1.87. The fraction of sp³-hybridized carbons (Fsp3) is 0.667. The molecule has 2 unspecified atom stereocenters. The summed E-state index contributed by atoms with van der Waals surface area (Å²) in [5.41, 5.74) is 3.04. The number of rotatable bonds is 3. The van der Waals surface area contributed by atoms with Crippen LogP contribution in [-0.4, -0.2) is 24.7 Å². The Morgan fingerprint density at radius 2 is 1.85 bits per heavy atom. The average molecular weight is 272 g/mol. The van der Waals surface area contributed by atoms with Crippen LogP contribution >= 0.6 is 0 Å². The van der Waals surface area contributed by atoms with E-state index in [1.165, 1.54) is 24.1 Å². The van der Waals surface area contributed by atoms with Crippen molar-refractivity contribution in [2.75, 3.05) is 18.0 Å². The third-order valence-corrected chi connectivity index (χ3v) is 5.23. The molecule has 0 radical (unpaired) electrons. The number of benzene rings is 1. The molecule has 2 atom stereocenters. The number of anilines is 1. The number of hydrogen-bond donors (Lipinski definition) is 1. The van der Waals surface area contributed by atoms with Crippen LogP contribution < -0.4 is 10.2 Å². The van der Waals surface area contributed by atoms with E-state index in [0.717, 1.165) is 19.0 Å². The van der Waals surface area contributed by atoms with Crippen molar-refractivity contribution in [3.63, 3.8) is 0 Å². The van der Waals surface area contributed by atoms with Crippen LogP contribution in [-0.2, 0) is 0 Å². The summed E-state index contributed by atoms with van der Waals surface area (Å²) < 4.78 is 0. The van der Waals surface area contributed by atoms with Gasteiger partial charge in [0.2, 0.25) is 0 Å². The second-order valence-corrected chi connectivity index (χ2v) is 7.35. The SMILES string of the molecule is Cc1ccc(N2CC(C)(C3CC3)NCC2C(C)C)cc1. The zero-order valence-corrected chi connectivity index (χ0v) is 13.3. The van der Waals surface area contributed by atoms with Crippen LogP contribution in [0.15, 0.2) is 24.3 Å². The van der Waals surface area contributed by atoms with Crippen LogP contribution in [0.3, 0.4) is 0 Å². The van der Waals surface area contributed by atoms with Crippen molar-refractivity contribution >= 4 is 5.69 Å². The van der Waals surface area contributed by atoms with Crippen molar-refractivity contribution in [1.29, 1.82) is 0 Å². The van der Waals surface area contributed by atoms with Gasteiger partial charge in [-0.1, -0.05) is 31.5 Å². The average Bonchev–Trinajstić information content (AvgIpc) is 3.24. The summed E-state index contributed by atoms with van der Waals surface area (Å²) in [5, 5.41) is 3.86. The van der Waals surface area contributed by atoms with Crippen LogP contribution in [0.4, 0.5) is 5.69 Å². The molecule has 1 aliphatic carbocycles. The first kappa shape index (κ1) is 13.9. The van der Waals surface area contributed by atoms with E-state index in [1.807, 2.05) is 0 Å². The van der Waals surface area contributed by atoms with Crippen LogP contribution in [0.25, 0.3) is 0 Å². The van der Waals surface area contributed by atoms with Crippen molar-refractivity contribution in [2.45, 2.75) is 52.1 Å². The minimum absolute atomic E-state index is 0.302. The van der Waals surface area contributed by atoms with Gasteiger partial charge in [-0.25, -0.2) is 0 Å². The molecule has 0 spiro atoms. The maximum atomic E-state index is 3.86. The van der Waals surface area contributed by atoms with E-state index in [1.54, 1.807) is 0 Å². The Morgan fingerprint density at radius 1 is 1.20 bits per heavy atom. The quantitative estimate of drug-likeness (QED) is 0.904. The molecule has 3 rings (SSSR count). The van der Waals surface area contributed by atoms with E-state index in [2.05, 4.69) is 62.2 Å². The van der Waals surface area contributed by atoms with Crippen molar-refractivity contribution in [3.05, 3.63) is 29.8 Å². The highest BCUT2D eigenvalue weighted by Crippen LogP contribution is 2.42. The van der Waals surface area contributed by atoms with Gasteiger partial charge in [0.1, 0.15) is 0 Å². The van der Waals surface area contributed by atoms with Crippen molar-refractivity contribution in [2.24, 2.45) is 11.8 Å². The summed E-state index contributed by atoms with van der Waals surface area (Å²) in [7, 11) is 0. The lowest BCUT2D eigenvalue weighted by atomic mass is 9.87. The molecular formula is C18H28N2. The van der Waals surface area contributed by atoms with Gasteiger partial charge >= 0.3 is 0 Å². The van der Waals surface area contributed by atoms with E-state index < -0.39 is 0 Å². The number of nitrogens with zero attached hydrogens (tertiary/aromatic N) is 1. The molecule has 0 aromatic heterocycles. The lowest BCUT2D eigenvalue weighted by molar-refractivity contribution is 0.233. The third-order valence-electron chi connectivity index (χ3n) is 5.23. The second kappa shape index (κ2) is 5.07. The summed E-state index contributed by atoms with van der Waals surface area (Å²) in [4.78, 5) is 2.65. The Labute approximate surface area is 123 Å². The first-order valence-electron chi connectivity index (χ1n) is 8.08. The molecule has 1 aromatic carbocycles. The van der Waals surface area contributed by atoms with Gasteiger partial charge in [-0.05, 0) is 50.7 Å². The van der Waals surface area contributed by atoms with Crippen LogP contribution in [0.2, 0.25) is 0 Å². The molecule has 2 heteroatoms. The summed E-state index contributed by atoms with van der Waals surface area (Å²) in [6, 6.07) is 9.67. The maximum Gasteiger partial charge on any atom is 0.0438 e. The molecule has 1 saturated heterocycles. The zero-order valence-electron chi connectivity index (χ0n) is 13.3. The molecule has 1 saturated carbocycles. The molecule has 0 bridgehead atoms. The van der Waals surface area contributed by atoms with Gasteiger partial charge < -0.3 is 10.2 Å². The molecule has 1 heterocycles. The number of aryl methyl sites for hydroxylation is 1. The summed E-state index contributed by atoms with van der Waals surface area (Å²) >= 11 is 0. The van der Waals surface area contributed by atoms with Gasteiger partial charge in [-0.15, -0.1) is 0 Å². The van der Waals surface area contributed by atoms with Gasteiger partial charge in [0, 0.05) is 30.4 Å². The number of nitrogens with one attached hydrogen (secondary N) is 1. The first-order chi connectivity index (χ1) is 9.49. The largest absolute Gasteiger partial charge is 0.365 e. The highest BCUT2D eigenvalue weighted by atomic mass is 15.3. The predicted octanol–water partition coefficient (Wildman–Crippen LogP) is 3.60. The summed E-state index contributed by atoms with van der Waals surface area (Å²) in [6.07, 6.45) is 2.80. The zero-order chi connectivity index (χ0) is 14.3. The molecule has 1 N–H and O–H groups in total.